The summed E-state index contributed by atoms with van der Waals surface area (Å²) in [6, 6.07) is 12.5. The van der Waals surface area contributed by atoms with Crippen LogP contribution in [-0.4, -0.2) is 61.5 Å². The van der Waals surface area contributed by atoms with Gasteiger partial charge in [0.1, 0.15) is 0 Å². The Balaban J connectivity index is 1.21. The first-order chi connectivity index (χ1) is 17.2. The number of likely N-dealkylation sites (tertiary alicyclic amines) is 1. The summed E-state index contributed by atoms with van der Waals surface area (Å²) in [5, 5.41) is 6.09. The molecule has 2 aromatic rings. The highest BCUT2D eigenvalue weighted by Gasteiger charge is 2.32. The lowest BCUT2D eigenvalue weighted by Crippen LogP contribution is -2.44. The van der Waals surface area contributed by atoms with Gasteiger partial charge in [-0.3, -0.25) is 14.5 Å². The van der Waals surface area contributed by atoms with E-state index in [1.807, 2.05) is 12.1 Å². The molecule has 0 radical (unpaired) electrons. The van der Waals surface area contributed by atoms with Crippen LogP contribution in [0.15, 0.2) is 48.5 Å². The fourth-order valence-corrected chi connectivity index (χ4v) is 5.09. The van der Waals surface area contributed by atoms with Crippen molar-refractivity contribution in [2.75, 3.05) is 37.6 Å². The third-order valence-electron chi connectivity index (χ3n) is 6.85. The van der Waals surface area contributed by atoms with E-state index in [-0.39, 0.29) is 24.1 Å². The lowest BCUT2D eigenvalue weighted by Gasteiger charge is -2.27. The van der Waals surface area contributed by atoms with E-state index in [4.69, 9.17) is 11.6 Å². The molecule has 36 heavy (non-hydrogen) atoms. The number of nitrogens with zero attached hydrogens (tertiary/aromatic N) is 2. The Kier molecular flexibility index (Phi) is 8.41. The molecule has 0 aliphatic carbocycles. The molecule has 0 spiro atoms. The Hall–Kier alpha value is -2.78. The number of nitrogens with one attached hydrogen (secondary N) is 2. The van der Waals surface area contributed by atoms with E-state index in [0.717, 1.165) is 69.0 Å². The summed E-state index contributed by atoms with van der Waals surface area (Å²) in [7, 11) is 0. The second-order valence-electron chi connectivity index (χ2n) is 9.36. The fourth-order valence-electron chi connectivity index (χ4n) is 4.97. The predicted molar refractivity (Wildman–Crippen MR) is 133 cm³/mol. The summed E-state index contributed by atoms with van der Waals surface area (Å²) < 4.78 is 38.6. The normalized spacial score (nSPS) is 21.2. The zero-order valence-electron chi connectivity index (χ0n) is 19.9. The van der Waals surface area contributed by atoms with Gasteiger partial charge in [0.25, 0.3) is 5.91 Å². The van der Waals surface area contributed by atoms with Gasteiger partial charge in [0.05, 0.1) is 12.1 Å². The molecule has 2 fully saturated rings. The first-order valence-corrected chi connectivity index (χ1v) is 12.6. The van der Waals surface area contributed by atoms with Gasteiger partial charge in [-0.15, -0.1) is 0 Å². The molecule has 1 unspecified atom stereocenters. The number of hydrogen-bond donors (Lipinski definition) is 2. The second-order valence-corrected chi connectivity index (χ2v) is 9.79. The highest BCUT2D eigenvalue weighted by atomic mass is 35.5. The predicted octanol–water partition coefficient (Wildman–Crippen LogP) is 4.34. The summed E-state index contributed by atoms with van der Waals surface area (Å²) >= 11 is 6.01. The minimum absolute atomic E-state index is 0.0152. The molecule has 2 atom stereocenters. The average molecular weight is 523 g/mol. The Morgan fingerprint density at radius 2 is 1.78 bits per heavy atom. The maximum atomic E-state index is 12.9. The van der Waals surface area contributed by atoms with Crippen LogP contribution in [0.1, 0.15) is 41.6 Å². The Morgan fingerprint density at radius 1 is 1.00 bits per heavy atom. The summed E-state index contributed by atoms with van der Waals surface area (Å²) in [5.74, 6) is -1.06. The van der Waals surface area contributed by atoms with Crippen LogP contribution < -0.4 is 15.5 Å². The third kappa shape index (κ3) is 6.91. The molecule has 0 saturated carbocycles. The number of carbonyl (C=O) groups excluding carboxylic acids is 2. The minimum Gasteiger partial charge on any atom is -0.371 e. The molecular formula is C26H30ClF3N4O2. The zero-order valence-corrected chi connectivity index (χ0v) is 20.6. The molecule has 10 heteroatoms. The van der Waals surface area contributed by atoms with Gasteiger partial charge < -0.3 is 15.5 Å². The van der Waals surface area contributed by atoms with Gasteiger partial charge >= 0.3 is 6.18 Å². The molecule has 0 bridgehead atoms. The van der Waals surface area contributed by atoms with Crippen molar-refractivity contribution in [3.63, 3.8) is 0 Å². The van der Waals surface area contributed by atoms with Crippen molar-refractivity contribution in [1.82, 2.24) is 15.5 Å². The van der Waals surface area contributed by atoms with Crippen LogP contribution in [-0.2, 0) is 11.0 Å². The monoisotopic (exact) mass is 522 g/mol. The minimum atomic E-state index is -4.53. The molecule has 2 amide bonds. The zero-order chi connectivity index (χ0) is 25.7. The van der Waals surface area contributed by atoms with Crippen LogP contribution in [0, 0.1) is 0 Å². The van der Waals surface area contributed by atoms with E-state index in [0.29, 0.717) is 6.04 Å². The summed E-state index contributed by atoms with van der Waals surface area (Å²) in [5.41, 5.74) is 0.143. The first-order valence-electron chi connectivity index (χ1n) is 12.2. The lowest BCUT2D eigenvalue weighted by molar-refractivity contribution is -0.137. The van der Waals surface area contributed by atoms with Crippen molar-refractivity contribution >= 4 is 29.1 Å². The van der Waals surface area contributed by atoms with E-state index >= 15 is 0 Å². The number of rotatable bonds is 6. The lowest BCUT2D eigenvalue weighted by atomic mass is 10.1. The molecule has 0 aromatic heterocycles. The van der Waals surface area contributed by atoms with Crippen molar-refractivity contribution in [3.8, 4) is 0 Å². The van der Waals surface area contributed by atoms with E-state index in [1.165, 1.54) is 17.8 Å². The molecule has 6 nitrogen and oxygen atoms in total. The molecule has 2 aliphatic rings. The molecular weight excluding hydrogens is 493 g/mol. The molecule has 2 aromatic carbocycles. The first kappa shape index (κ1) is 26.3. The Bertz CT molecular complexity index is 1060. The van der Waals surface area contributed by atoms with Crippen LogP contribution in [0.2, 0.25) is 5.02 Å². The van der Waals surface area contributed by atoms with Crippen LogP contribution in [0.3, 0.4) is 0 Å². The SMILES string of the molecule is O=C(CNC(=O)c1cccc(C(F)(F)F)c1)N[C@@H]1CCN(C2CCCN(c3ccc(Cl)cc3)CC2)C1. The van der Waals surface area contributed by atoms with Gasteiger partial charge in [0.15, 0.2) is 0 Å². The van der Waals surface area contributed by atoms with Crippen molar-refractivity contribution in [1.29, 1.82) is 0 Å². The van der Waals surface area contributed by atoms with Gasteiger partial charge in [-0.2, -0.15) is 13.2 Å². The maximum absolute atomic E-state index is 12.9. The van der Waals surface area contributed by atoms with Crippen molar-refractivity contribution in [2.45, 2.75) is 43.9 Å². The number of halogens is 4. The summed E-state index contributed by atoms with van der Waals surface area (Å²) in [4.78, 5) is 29.4. The topological polar surface area (TPSA) is 64.7 Å². The highest BCUT2D eigenvalue weighted by Crippen LogP contribution is 2.29. The van der Waals surface area contributed by atoms with Crippen LogP contribution in [0.4, 0.5) is 18.9 Å². The Morgan fingerprint density at radius 3 is 2.53 bits per heavy atom. The van der Waals surface area contributed by atoms with E-state index in [9.17, 15) is 22.8 Å². The van der Waals surface area contributed by atoms with Gasteiger partial charge in [-0.05, 0) is 68.1 Å². The van der Waals surface area contributed by atoms with Crippen LogP contribution >= 0.6 is 11.6 Å². The largest absolute Gasteiger partial charge is 0.416 e. The fraction of sp³-hybridized carbons (Fsp3) is 0.462. The summed E-state index contributed by atoms with van der Waals surface area (Å²) in [6.45, 7) is 3.32. The number of amides is 2. The van der Waals surface area contributed by atoms with Gasteiger partial charge in [-0.1, -0.05) is 17.7 Å². The van der Waals surface area contributed by atoms with Gasteiger partial charge in [-0.25, -0.2) is 0 Å². The molecule has 2 N–H and O–H groups in total. The average Bonchev–Trinajstić information content (AvgIpc) is 3.17. The highest BCUT2D eigenvalue weighted by molar-refractivity contribution is 6.30. The summed E-state index contributed by atoms with van der Waals surface area (Å²) in [6.07, 6.45) is -0.491. The molecule has 2 heterocycles. The van der Waals surface area contributed by atoms with Crippen molar-refractivity contribution in [3.05, 3.63) is 64.7 Å². The third-order valence-corrected chi connectivity index (χ3v) is 7.10. The van der Waals surface area contributed by atoms with E-state index < -0.39 is 17.6 Å². The number of carbonyl (C=O) groups is 2. The number of anilines is 1. The molecule has 2 aliphatic heterocycles. The number of benzene rings is 2. The maximum Gasteiger partial charge on any atom is 0.416 e. The Labute approximate surface area is 213 Å². The standard InChI is InChI=1S/C26H30ClF3N4O2/c27-20-6-8-23(9-7-20)33-12-2-5-22(11-14-33)34-13-10-21(17-34)32-24(35)16-31-25(36)18-3-1-4-19(15-18)26(28,29)30/h1,3-4,6-9,15,21-22H,2,5,10-14,16-17H2,(H,31,36)(H,32,35)/t21-,22?/m1/s1. The van der Waals surface area contributed by atoms with Crippen molar-refractivity contribution < 1.29 is 22.8 Å². The van der Waals surface area contributed by atoms with Gasteiger partial charge in [0.2, 0.25) is 5.91 Å². The van der Waals surface area contributed by atoms with Gasteiger partial charge in [0, 0.05) is 54.5 Å². The van der Waals surface area contributed by atoms with E-state index in [2.05, 4.69) is 32.6 Å². The smallest absolute Gasteiger partial charge is 0.371 e. The van der Waals surface area contributed by atoms with Crippen LogP contribution in [0.5, 0.6) is 0 Å². The second kappa shape index (κ2) is 11.5. The molecule has 4 rings (SSSR count). The molecule has 2 saturated heterocycles. The number of alkyl halides is 3. The van der Waals surface area contributed by atoms with Crippen LogP contribution in [0.25, 0.3) is 0 Å². The quantitative estimate of drug-likeness (QED) is 0.592. The van der Waals surface area contributed by atoms with E-state index in [1.54, 1.807) is 0 Å². The molecule has 194 valence electrons. The van der Waals surface area contributed by atoms with Crippen molar-refractivity contribution in [2.24, 2.45) is 0 Å². The number of hydrogen-bond acceptors (Lipinski definition) is 4.